The molecule has 34 heavy (non-hydrogen) atoms. The Balaban J connectivity index is 1.46. The van der Waals surface area contributed by atoms with E-state index in [9.17, 15) is 0 Å². The van der Waals surface area contributed by atoms with Crippen molar-refractivity contribution >= 4 is 23.5 Å². The molecule has 0 bridgehead atoms. The second kappa shape index (κ2) is 8.23. The minimum atomic E-state index is 0.256. The van der Waals surface area contributed by atoms with Gasteiger partial charge in [-0.3, -0.25) is 0 Å². The van der Waals surface area contributed by atoms with Crippen LogP contribution in [0.4, 0.5) is 0 Å². The molecule has 2 aliphatic rings. The summed E-state index contributed by atoms with van der Waals surface area (Å²) in [5, 5.41) is 0. The van der Waals surface area contributed by atoms with E-state index in [4.69, 9.17) is 0 Å². The van der Waals surface area contributed by atoms with Gasteiger partial charge in [-0.25, -0.2) is 0 Å². The van der Waals surface area contributed by atoms with E-state index in [1.807, 2.05) is 23.5 Å². The molecule has 2 heterocycles. The van der Waals surface area contributed by atoms with Crippen LogP contribution in [0.3, 0.4) is 0 Å². The molecular formula is C32H22S2. The number of hydrogen-bond acceptors (Lipinski definition) is 2. The van der Waals surface area contributed by atoms with Gasteiger partial charge in [-0.15, -0.1) is 0 Å². The zero-order chi connectivity index (χ0) is 22.5. The van der Waals surface area contributed by atoms with E-state index in [1.54, 1.807) is 0 Å². The maximum absolute atomic E-state index is 2.49. The van der Waals surface area contributed by atoms with Crippen molar-refractivity contribution in [2.45, 2.75) is 31.4 Å². The summed E-state index contributed by atoms with van der Waals surface area (Å²) in [6.45, 7) is 0. The van der Waals surface area contributed by atoms with E-state index in [2.05, 4.69) is 121 Å². The number of benzene rings is 5. The van der Waals surface area contributed by atoms with Crippen molar-refractivity contribution in [3.05, 3.63) is 155 Å². The van der Waals surface area contributed by atoms with Gasteiger partial charge in [0.2, 0.25) is 0 Å². The molecule has 5 aromatic rings. The van der Waals surface area contributed by atoms with Gasteiger partial charge in [-0.1, -0.05) is 121 Å². The monoisotopic (exact) mass is 470 g/mol. The number of rotatable bonds is 2. The van der Waals surface area contributed by atoms with Crippen molar-refractivity contribution < 1.29 is 0 Å². The first-order valence-corrected chi connectivity index (χ1v) is 13.3. The molecule has 0 aromatic heterocycles. The summed E-state index contributed by atoms with van der Waals surface area (Å²) in [5.74, 6) is 0.513. The quantitative estimate of drug-likeness (QED) is 0.247. The molecule has 0 fully saturated rings. The molecule has 0 radical (unpaired) electrons. The third-order valence-corrected chi connectivity index (χ3v) is 9.26. The Kier molecular flexibility index (Phi) is 4.89. The van der Waals surface area contributed by atoms with E-state index >= 15 is 0 Å². The average Bonchev–Trinajstić information content (AvgIpc) is 2.90. The second-order valence-electron chi connectivity index (χ2n) is 8.90. The Morgan fingerprint density at radius 1 is 0.353 bits per heavy atom. The van der Waals surface area contributed by atoms with Gasteiger partial charge in [-0.05, 0) is 57.6 Å². The largest absolute Gasteiger partial charge is 0.0894 e. The molecule has 7 rings (SSSR count). The molecule has 0 aliphatic carbocycles. The minimum Gasteiger partial charge on any atom is -0.0894 e. The van der Waals surface area contributed by atoms with Crippen LogP contribution in [0.5, 0.6) is 0 Å². The van der Waals surface area contributed by atoms with Crippen molar-refractivity contribution in [1.82, 2.24) is 0 Å². The lowest BCUT2D eigenvalue weighted by Gasteiger charge is -2.33. The third kappa shape index (κ3) is 3.25. The molecule has 5 aromatic carbocycles. The maximum atomic E-state index is 2.49. The lowest BCUT2D eigenvalue weighted by Crippen LogP contribution is -2.14. The Morgan fingerprint density at radius 3 is 1.18 bits per heavy atom. The lowest BCUT2D eigenvalue weighted by atomic mass is 9.81. The number of hydrogen-bond donors (Lipinski definition) is 0. The summed E-state index contributed by atoms with van der Waals surface area (Å²) < 4.78 is 0. The van der Waals surface area contributed by atoms with E-state index in [0.29, 0.717) is 0 Å². The Morgan fingerprint density at radius 2 is 0.735 bits per heavy atom. The van der Waals surface area contributed by atoms with Gasteiger partial charge >= 0.3 is 0 Å². The van der Waals surface area contributed by atoms with Gasteiger partial charge in [0.1, 0.15) is 0 Å². The van der Waals surface area contributed by atoms with Gasteiger partial charge in [0.25, 0.3) is 0 Å². The van der Waals surface area contributed by atoms with Crippen LogP contribution >= 0.6 is 23.5 Å². The predicted octanol–water partition coefficient (Wildman–Crippen LogP) is 8.98. The first kappa shape index (κ1) is 20.2. The van der Waals surface area contributed by atoms with Crippen molar-refractivity contribution in [2.75, 3.05) is 0 Å². The molecule has 0 nitrogen and oxygen atoms in total. The van der Waals surface area contributed by atoms with Crippen molar-refractivity contribution in [2.24, 2.45) is 0 Å². The highest BCUT2D eigenvalue weighted by atomic mass is 32.2. The van der Waals surface area contributed by atoms with Gasteiger partial charge in [0.05, 0.1) is 0 Å². The van der Waals surface area contributed by atoms with Crippen LogP contribution in [0.15, 0.2) is 141 Å². The summed E-state index contributed by atoms with van der Waals surface area (Å²) >= 11 is 3.85. The molecule has 0 saturated heterocycles. The van der Waals surface area contributed by atoms with Crippen LogP contribution in [0.2, 0.25) is 0 Å². The summed E-state index contributed by atoms with van der Waals surface area (Å²) in [7, 11) is 0. The minimum absolute atomic E-state index is 0.256. The molecule has 0 amide bonds. The van der Waals surface area contributed by atoms with Crippen molar-refractivity contribution in [3.63, 3.8) is 0 Å². The fraction of sp³-hybridized carbons (Fsp3) is 0.0625. The molecule has 0 spiro atoms. The summed E-state index contributed by atoms with van der Waals surface area (Å²) in [4.78, 5) is 5.49. The summed E-state index contributed by atoms with van der Waals surface area (Å²) in [6.07, 6.45) is 0. The lowest BCUT2D eigenvalue weighted by molar-refractivity contribution is 0.853. The van der Waals surface area contributed by atoms with E-state index in [-0.39, 0.29) is 11.8 Å². The fourth-order valence-corrected chi connectivity index (χ4v) is 7.76. The smallest absolute Gasteiger partial charge is 0.0362 e. The van der Waals surface area contributed by atoms with E-state index in [0.717, 1.165) is 0 Å². The van der Waals surface area contributed by atoms with E-state index < -0.39 is 0 Å². The Hall–Kier alpha value is -3.20. The van der Waals surface area contributed by atoms with Crippen LogP contribution in [0.1, 0.15) is 45.2 Å². The molecule has 2 aliphatic heterocycles. The molecule has 2 heteroatoms. The molecule has 0 saturated carbocycles. The van der Waals surface area contributed by atoms with Gasteiger partial charge in [-0.2, -0.15) is 0 Å². The zero-order valence-electron chi connectivity index (χ0n) is 18.5. The maximum Gasteiger partial charge on any atom is 0.0362 e. The van der Waals surface area contributed by atoms with Crippen LogP contribution in [-0.2, 0) is 0 Å². The normalized spacial score (nSPS) is 17.8. The highest BCUT2D eigenvalue weighted by Gasteiger charge is 2.33. The van der Waals surface area contributed by atoms with Crippen LogP contribution in [-0.4, -0.2) is 0 Å². The first-order valence-electron chi connectivity index (χ1n) is 11.7. The highest BCUT2D eigenvalue weighted by Crippen LogP contribution is 2.54. The number of fused-ring (bicyclic) bond motifs is 4. The fourth-order valence-electron chi connectivity index (χ4n) is 5.42. The van der Waals surface area contributed by atoms with Gasteiger partial charge in [0, 0.05) is 31.4 Å². The van der Waals surface area contributed by atoms with E-state index in [1.165, 1.54) is 53.0 Å². The third-order valence-electron chi connectivity index (χ3n) is 6.93. The van der Waals surface area contributed by atoms with Crippen LogP contribution in [0.25, 0.3) is 0 Å². The SMILES string of the molecule is c1ccc(C2c3ccccc3Sc3cc4c(cc32)Sc2ccccc2C4c2ccccc2)cc1. The first-order chi connectivity index (χ1) is 16.9. The highest BCUT2D eigenvalue weighted by molar-refractivity contribution is 8.00. The summed E-state index contributed by atoms with van der Waals surface area (Å²) in [5.41, 5.74) is 8.38. The topological polar surface area (TPSA) is 0 Å². The van der Waals surface area contributed by atoms with Crippen molar-refractivity contribution in [1.29, 1.82) is 0 Å². The second-order valence-corrected chi connectivity index (χ2v) is 11.1. The Labute approximate surface area is 209 Å². The molecule has 2 unspecified atom stereocenters. The Bertz CT molecular complexity index is 1390. The van der Waals surface area contributed by atoms with Crippen LogP contribution in [0, 0.1) is 0 Å². The predicted molar refractivity (Wildman–Crippen MR) is 142 cm³/mol. The standard InChI is InChI=1S/C32H22S2/c1-3-11-21(12-4-1)31-23-15-7-9-17-27(23)33-29-20-26-30(19-25(29)31)34-28-18-10-8-16-24(28)32(26)22-13-5-2-6-14-22/h1-20,31-32H. The average molecular weight is 471 g/mol. The molecule has 2 atom stereocenters. The zero-order valence-corrected chi connectivity index (χ0v) is 20.2. The van der Waals surface area contributed by atoms with Crippen LogP contribution < -0.4 is 0 Å². The van der Waals surface area contributed by atoms with Gasteiger partial charge in [0.15, 0.2) is 0 Å². The molecular weight excluding hydrogens is 448 g/mol. The van der Waals surface area contributed by atoms with Gasteiger partial charge < -0.3 is 0 Å². The molecule has 0 N–H and O–H groups in total. The molecule has 162 valence electrons. The summed E-state index contributed by atoms with van der Waals surface area (Å²) in [6, 6.07) is 44.8. The van der Waals surface area contributed by atoms with Crippen molar-refractivity contribution in [3.8, 4) is 0 Å².